The van der Waals surface area contributed by atoms with Crippen LogP contribution in [-0.4, -0.2) is 62.1 Å². The number of carbonyl (C=O) groups excluding carboxylic acids is 1. The Morgan fingerprint density at radius 3 is 2.93 bits per heavy atom. The van der Waals surface area contributed by atoms with Crippen LogP contribution in [0.4, 0.5) is 5.69 Å². The molecule has 0 unspecified atom stereocenters. The summed E-state index contributed by atoms with van der Waals surface area (Å²) < 4.78 is 35.2. The van der Waals surface area contributed by atoms with Gasteiger partial charge in [-0.3, -0.25) is 4.79 Å². The summed E-state index contributed by atoms with van der Waals surface area (Å²) in [6.45, 7) is 0.559. The fraction of sp³-hybridized carbons (Fsp3) is 0.529. The van der Waals surface area contributed by atoms with E-state index in [1.54, 1.807) is 23.1 Å². The van der Waals surface area contributed by atoms with Crippen LogP contribution in [0.1, 0.15) is 12.8 Å². The molecule has 1 aromatic carbocycles. The van der Waals surface area contributed by atoms with Crippen LogP contribution in [0, 0.1) is 0 Å². The molecule has 4 rings (SSSR count). The standard InChI is InChI=1S/C17H19ClN2O5S2/c1-24-13-5-4-10(18)7-11(13)20-12-8-27(22,23)9-15(12)26-17(20)19-16(21)14-3-2-6-25-14/h4-5,7,12,14-15H,2-3,6,8-9H2,1H3/t12-,14-,15-/m0/s1. The lowest BCUT2D eigenvalue weighted by molar-refractivity contribution is -0.126. The van der Waals surface area contributed by atoms with Gasteiger partial charge in [0.2, 0.25) is 0 Å². The zero-order chi connectivity index (χ0) is 19.2. The molecule has 3 heterocycles. The molecule has 3 aliphatic heterocycles. The van der Waals surface area contributed by atoms with Gasteiger partial charge in [0.15, 0.2) is 15.0 Å². The number of rotatable bonds is 3. The largest absolute Gasteiger partial charge is 0.495 e. The van der Waals surface area contributed by atoms with E-state index in [-0.39, 0.29) is 28.7 Å². The van der Waals surface area contributed by atoms with Crippen LogP contribution in [0.3, 0.4) is 0 Å². The van der Waals surface area contributed by atoms with E-state index in [1.165, 1.54) is 18.9 Å². The number of nitrogens with zero attached hydrogens (tertiary/aromatic N) is 2. The van der Waals surface area contributed by atoms with Gasteiger partial charge in [0, 0.05) is 16.9 Å². The summed E-state index contributed by atoms with van der Waals surface area (Å²) in [5, 5.41) is 0.778. The quantitative estimate of drug-likeness (QED) is 0.726. The highest BCUT2D eigenvalue weighted by Crippen LogP contribution is 2.44. The van der Waals surface area contributed by atoms with Crippen molar-refractivity contribution in [2.24, 2.45) is 4.99 Å². The van der Waals surface area contributed by atoms with Crippen molar-refractivity contribution in [2.45, 2.75) is 30.2 Å². The van der Waals surface area contributed by atoms with Crippen molar-refractivity contribution in [1.29, 1.82) is 0 Å². The average molecular weight is 431 g/mol. The van der Waals surface area contributed by atoms with Gasteiger partial charge in [-0.15, -0.1) is 0 Å². The number of methoxy groups -OCH3 is 1. The number of anilines is 1. The number of amides is 1. The van der Waals surface area contributed by atoms with E-state index in [0.717, 1.165) is 6.42 Å². The predicted octanol–water partition coefficient (Wildman–Crippen LogP) is 2.13. The minimum absolute atomic E-state index is 0.00741. The van der Waals surface area contributed by atoms with Crippen LogP contribution in [0.15, 0.2) is 23.2 Å². The number of fused-ring (bicyclic) bond motifs is 1. The molecule has 27 heavy (non-hydrogen) atoms. The fourth-order valence-corrected chi connectivity index (χ4v) is 7.71. The molecule has 1 amide bonds. The van der Waals surface area contributed by atoms with Gasteiger partial charge in [0.25, 0.3) is 5.91 Å². The first-order valence-corrected chi connectivity index (χ1v) is 11.7. The van der Waals surface area contributed by atoms with Crippen LogP contribution in [0.25, 0.3) is 0 Å². The molecule has 0 radical (unpaired) electrons. The number of carbonyl (C=O) groups is 1. The smallest absolute Gasteiger partial charge is 0.277 e. The number of halogens is 1. The minimum atomic E-state index is -3.14. The van der Waals surface area contributed by atoms with E-state index >= 15 is 0 Å². The van der Waals surface area contributed by atoms with E-state index in [0.29, 0.717) is 34.7 Å². The van der Waals surface area contributed by atoms with Gasteiger partial charge in [0.05, 0.1) is 30.3 Å². The summed E-state index contributed by atoms with van der Waals surface area (Å²) in [6.07, 6.45) is 0.969. The molecule has 10 heteroatoms. The Balaban J connectivity index is 1.75. The SMILES string of the molecule is COc1ccc(Cl)cc1N1C(=NC(=O)[C@@H]2CCCO2)S[C@H]2CS(=O)(=O)C[C@@H]21. The maximum atomic E-state index is 12.5. The first kappa shape index (κ1) is 19.0. The van der Waals surface area contributed by atoms with E-state index in [2.05, 4.69) is 4.99 Å². The van der Waals surface area contributed by atoms with Crippen molar-refractivity contribution in [3.63, 3.8) is 0 Å². The number of hydrogen-bond acceptors (Lipinski definition) is 6. The molecule has 0 aromatic heterocycles. The van der Waals surface area contributed by atoms with Crippen molar-refractivity contribution in [2.75, 3.05) is 30.1 Å². The Morgan fingerprint density at radius 2 is 2.22 bits per heavy atom. The summed E-state index contributed by atoms with van der Waals surface area (Å²) in [4.78, 5) is 18.6. The number of ether oxygens (including phenoxy) is 2. The third-order valence-corrected chi connectivity index (χ3v) is 8.32. The highest BCUT2D eigenvalue weighted by Gasteiger charge is 2.50. The average Bonchev–Trinajstić information content (AvgIpc) is 3.29. The Bertz CT molecular complexity index is 899. The van der Waals surface area contributed by atoms with E-state index < -0.39 is 15.9 Å². The van der Waals surface area contributed by atoms with Crippen molar-refractivity contribution < 1.29 is 22.7 Å². The van der Waals surface area contributed by atoms with Gasteiger partial charge in [-0.05, 0) is 31.0 Å². The lowest BCUT2D eigenvalue weighted by atomic mass is 10.2. The molecule has 146 valence electrons. The molecule has 0 saturated carbocycles. The molecule has 3 atom stereocenters. The third-order valence-electron chi connectivity index (χ3n) is 4.88. The summed E-state index contributed by atoms with van der Waals surface area (Å²) >= 11 is 7.49. The Labute approximate surface area is 167 Å². The van der Waals surface area contributed by atoms with Crippen molar-refractivity contribution in [3.8, 4) is 5.75 Å². The van der Waals surface area contributed by atoms with E-state index in [9.17, 15) is 13.2 Å². The maximum absolute atomic E-state index is 12.5. The number of benzene rings is 1. The Hall–Kier alpha value is -1.29. The summed E-state index contributed by atoms with van der Waals surface area (Å²) in [5.74, 6) is 0.286. The predicted molar refractivity (Wildman–Crippen MR) is 106 cm³/mol. The van der Waals surface area contributed by atoms with Crippen molar-refractivity contribution in [3.05, 3.63) is 23.2 Å². The molecule has 3 aliphatic rings. The Morgan fingerprint density at radius 1 is 1.41 bits per heavy atom. The van der Waals surface area contributed by atoms with E-state index in [4.69, 9.17) is 21.1 Å². The van der Waals surface area contributed by atoms with E-state index in [1.807, 2.05) is 0 Å². The van der Waals surface area contributed by atoms with Gasteiger partial charge in [0.1, 0.15) is 11.9 Å². The maximum Gasteiger partial charge on any atom is 0.277 e. The van der Waals surface area contributed by atoms with Crippen molar-refractivity contribution in [1.82, 2.24) is 0 Å². The highest BCUT2D eigenvalue weighted by molar-refractivity contribution is 8.16. The normalized spacial score (nSPS) is 30.7. The molecule has 0 N–H and O–H groups in total. The molecule has 0 aliphatic carbocycles. The summed E-state index contributed by atoms with van der Waals surface area (Å²) in [5.41, 5.74) is 0.612. The number of amidine groups is 1. The zero-order valence-electron chi connectivity index (χ0n) is 14.6. The van der Waals surface area contributed by atoms with Crippen LogP contribution in [-0.2, 0) is 19.4 Å². The third kappa shape index (κ3) is 3.70. The molecule has 1 aromatic rings. The highest BCUT2D eigenvalue weighted by atomic mass is 35.5. The van der Waals surface area contributed by atoms with Crippen LogP contribution >= 0.6 is 23.4 Å². The molecule has 0 spiro atoms. The topological polar surface area (TPSA) is 85.3 Å². The monoisotopic (exact) mass is 430 g/mol. The lowest BCUT2D eigenvalue weighted by Crippen LogP contribution is -2.38. The van der Waals surface area contributed by atoms with Gasteiger partial charge in [-0.25, -0.2) is 8.42 Å². The molecule has 0 bridgehead atoms. The number of sulfone groups is 1. The first-order chi connectivity index (χ1) is 12.9. The van der Waals surface area contributed by atoms with Gasteiger partial charge >= 0.3 is 0 Å². The number of aliphatic imine (C=N–C) groups is 1. The molecule has 3 saturated heterocycles. The van der Waals surface area contributed by atoms with Gasteiger partial charge in [-0.1, -0.05) is 23.4 Å². The zero-order valence-corrected chi connectivity index (χ0v) is 17.0. The summed E-state index contributed by atoms with van der Waals surface area (Å²) in [7, 11) is -1.61. The fourth-order valence-electron chi connectivity index (χ4n) is 3.64. The lowest BCUT2D eigenvalue weighted by Gasteiger charge is -2.26. The van der Waals surface area contributed by atoms with Crippen LogP contribution < -0.4 is 9.64 Å². The van der Waals surface area contributed by atoms with Crippen molar-refractivity contribution >= 4 is 50.0 Å². The second-order valence-corrected chi connectivity index (χ2v) is 10.5. The molecule has 3 fully saturated rings. The van der Waals surface area contributed by atoms with Gasteiger partial charge < -0.3 is 14.4 Å². The minimum Gasteiger partial charge on any atom is -0.495 e. The van der Waals surface area contributed by atoms with Gasteiger partial charge in [-0.2, -0.15) is 4.99 Å². The second-order valence-electron chi connectivity index (χ2n) is 6.72. The number of hydrogen-bond donors (Lipinski definition) is 0. The molecule has 7 nitrogen and oxygen atoms in total. The van der Waals surface area contributed by atoms with Crippen LogP contribution in [0.2, 0.25) is 5.02 Å². The molecular formula is C17H19ClN2O5S2. The first-order valence-electron chi connectivity index (χ1n) is 8.62. The summed E-state index contributed by atoms with van der Waals surface area (Å²) in [6, 6.07) is 4.81. The van der Waals surface area contributed by atoms with Crippen LogP contribution in [0.5, 0.6) is 5.75 Å². The second kappa shape index (κ2) is 7.27. The molecular weight excluding hydrogens is 412 g/mol. The number of thioether (sulfide) groups is 1. The Kier molecular flexibility index (Phi) is 5.13.